The average Bonchev–Trinajstić information content (AvgIpc) is 2.37. The number of halogens is 1. The molecule has 22 heavy (non-hydrogen) atoms. The first-order valence-corrected chi connectivity index (χ1v) is 7.52. The van der Waals surface area contributed by atoms with Crippen molar-refractivity contribution in [2.24, 2.45) is 0 Å². The molecule has 0 aliphatic heterocycles. The number of alkyl carbamates (subject to hydrolysis) is 1. The first kappa shape index (κ1) is 18.3. The van der Waals surface area contributed by atoms with E-state index in [1.807, 2.05) is 18.2 Å². The Hall–Kier alpha value is -1.75. The summed E-state index contributed by atoms with van der Waals surface area (Å²) in [5.74, 6) is -0.0779. The largest absolute Gasteiger partial charge is 0.444 e. The predicted octanol–water partition coefficient (Wildman–Crippen LogP) is 3.21. The molecule has 0 aliphatic carbocycles. The Labute approximate surface area is 136 Å². The molecule has 1 N–H and O–H groups in total. The van der Waals surface area contributed by atoms with Crippen molar-refractivity contribution in [1.29, 1.82) is 0 Å². The summed E-state index contributed by atoms with van der Waals surface area (Å²) in [5, 5.41) is 3.26. The lowest BCUT2D eigenvalue weighted by Gasteiger charge is -2.23. The minimum absolute atomic E-state index is 0.0779. The van der Waals surface area contributed by atoms with Crippen LogP contribution in [0.3, 0.4) is 0 Å². The van der Waals surface area contributed by atoms with Gasteiger partial charge in [0.2, 0.25) is 5.91 Å². The van der Waals surface area contributed by atoms with Gasteiger partial charge in [0.05, 0.1) is 0 Å². The minimum Gasteiger partial charge on any atom is -0.444 e. The van der Waals surface area contributed by atoms with E-state index in [1.165, 1.54) is 6.92 Å². The molecule has 5 nitrogen and oxygen atoms in total. The van der Waals surface area contributed by atoms with Crippen LogP contribution < -0.4 is 5.32 Å². The van der Waals surface area contributed by atoms with E-state index >= 15 is 0 Å². The van der Waals surface area contributed by atoms with Gasteiger partial charge in [-0.25, -0.2) is 4.79 Å². The van der Waals surface area contributed by atoms with Gasteiger partial charge in [-0.05, 0) is 32.4 Å². The standard InChI is InChI=1S/C16H23ClN2O3/c1-12(20)19(11-13-7-5-6-8-14(13)17)10-9-18-15(21)22-16(2,3)4/h5-8H,9-11H2,1-4H3,(H,18,21). The van der Waals surface area contributed by atoms with Gasteiger partial charge in [0, 0.05) is 31.6 Å². The van der Waals surface area contributed by atoms with Gasteiger partial charge in [0.25, 0.3) is 0 Å². The van der Waals surface area contributed by atoms with Crippen LogP contribution in [0, 0.1) is 0 Å². The second-order valence-corrected chi connectivity index (χ2v) is 6.37. The molecule has 1 aromatic carbocycles. The molecule has 0 fully saturated rings. The summed E-state index contributed by atoms with van der Waals surface area (Å²) in [6.45, 7) is 8.00. The number of carbonyl (C=O) groups is 2. The number of amides is 2. The molecular formula is C16H23ClN2O3. The van der Waals surface area contributed by atoms with Gasteiger partial charge in [-0.1, -0.05) is 29.8 Å². The van der Waals surface area contributed by atoms with Crippen LogP contribution in [0.25, 0.3) is 0 Å². The maximum Gasteiger partial charge on any atom is 0.407 e. The Morgan fingerprint density at radius 2 is 1.91 bits per heavy atom. The molecule has 122 valence electrons. The number of nitrogens with zero attached hydrogens (tertiary/aromatic N) is 1. The number of hydrogen-bond donors (Lipinski definition) is 1. The molecule has 1 rings (SSSR count). The molecule has 0 saturated heterocycles. The van der Waals surface area contributed by atoms with Gasteiger partial charge in [-0.15, -0.1) is 0 Å². The molecule has 0 saturated carbocycles. The van der Waals surface area contributed by atoms with Gasteiger partial charge < -0.3 is 15.0 Å². The highest BCUT2D eigenvalue weighted by Gasteiger charge is 2.16. The minimum atomic E-state index is -0.540. The van der Waals surface area contributed by atoms with E-state index in [2.05, 4.69) is 5.32 Å². The number of nitrogens with one attached hydrogen (secondary N) is 1. The molecule has 0 heterocycles. The van der Waals surface area contributed by atoms with Crippen molar-refractivity contribution in [3.8, 4) is 0 Å². The quantitative estimate of drug-likeness (QED) is 0.903. The van der Waals surface area contributed by atoms with E-state index in [9.17, 15) is 9.59 Å². The topological polar surface area (TPSA) is 58.6 Å². The second-order valence-electron chi connectivity index (χ2n) is 5.96. The zero-order valence-corrected chi connectivity index (χ0v) is 14.2. The maximum atomic E-state index is 11.7. The van der Waals surface area contributed by atoms with Crippen LogP contribution in [-0.2, 0) is 16.1 Å². The molecule has 1 aromatic rings. The Morgan fingerprint density at radius 1 is 1.27 bits per heavy atom. The van der Waals surface area contributed by atoms with Crippen LogP contribution in [0.4, 0.5) is 4.79 Å². The van der Waals surface area contributed by atoms with Crippen LogP contribution in [0.15, 0.2) is 24.3 Å². The highest BCUT2D eigenvalue weighted by Crippen LogP contribution is 2.17. The first-order valence-electron chi connectivity index (χ1n) is 7.15. The summed E-state index contributed by atoms with van der Waals surface area (Å²) in [6, 6.07) is 7.38. The number of rotatable bonds is 5. The van der Waals surface area contributed by atoms with E-state index in [-0.39, 0.29) is 5.91 Å². The molecule has 0 unspecified atom stereocenters. The molecule has 0 radical (unpaired) electrons. The lowest BCUT2D eigenvalue weighted by Crippen LogP contribution is -2.39. The van der Waals surface area contributed by atoms with Crippen LogP contribution in [-0.4, -0.2) is 35.6 Å². The van der Waals surface area contributed by atoms with Crippen molar-refractivity contribution in [1.82, 2.24) is 10.2 Å². The normalized spacial score (nSPS) is 11.0. The highest BCUT2D eigenvalue weighted by molar-refractivity contribution is 6.31. The second kappa shape index (κ2) is 8.03. The van der Waals surface area contributed by atoms with Crippen molar-refractivity contribution in [2.75, 3.05) is 13.1 Å². The predicted molar refractivity (Wildman–Crippen MR) is 86.8 cm³/mol. The van der Waals surface area contributed by atoms with Crippen LogP contribution in [0.5, 0.6) is 0 Å². The van der Waals surface area contributed by atoms with Gasteiger partial charge in [0.1, 0.15) is 5.60 Å². The van der Waals surface area contributed by atoms with Gasteiger partial charge >= 0.3 is 6.09 Å². The van der Waals surface area contributed by atoms with Crippen molar-refractivity contribution in [3.63, 3.8) is 0 Å². The summed E-state index contributed by atoms with van der Waals surface area (Å²) in [7, 11) is 0. The fraction of sp³-hybridized carbons (Fsp3) is 0.500. The zero-order valence-electron chi connectivity index (χ0n) is 13.5. The molecule has 0 aromatic heterocycles. The van der Waals surface area contributed by atoms with E-state index in [0.29, 0.717) is 24.7 Å². The van der Waals surface area contributed by atoms with Gasteiger partial charge in [0.15, 0.2) is 0 Å². The molecule has 6 heteroatoms. The summed E-state index contributed by atoms with van der Waals surface area (Å²) in [6.07, 6.45) is -0.492. The third kappa shape index (κ3) is 6.80. The van der Waals surface area contributed by atoms with Gasteiger partial charge in [-0.3, -0.25) is 4.79 Å². The van der Waals surface area contributed by atoms with Crippen molar-refractivity contribution in [3.05, 3.63) is 34.9 Å². The summed E-state index contributed by atoms with van der Waals surface area (Å²) >= 11 is 6.10. The maximum absolute atomic E-state index is 11.7. The molecule has 2 amide bonds. The fourth-order valence-electron chi connectivity index (χ4n) is 1.79. The third-order valence-electron chi connectivity index (χ3n) is 2.81. The van der Waals surface area contributed by atoms with Crippen molar-refractivity contribution >= 4 is 23.6 Å². The Morgan fingerprint density at radius 3 is 2.45 bits per heavy atom. The first-order chi connectivity index (χ1) is 10.2. The van der Waals surface area contributed by atoms with E-state index in [1.54, 1.807) is 31.7 Å². The van der Waals surface area contributed by atoms with E-state index < -0.39 is 11.7 Å². The number of carbonyl (C=O) groups excluding carboxylic acids is 2. The monoisotopic (exact) mass is 326 g/mol. The zero-order chi connectivity index (χ0) is 16.8. The lowest BCUT2D eigenvalue weighted by molar-refractivity contribution is -0.129. The van der Waals surface area contributed by atoms with Crippen LogP contribution in [0.1, 0.15) is 33.3 Å². The van der Waals surface area contributed by atoms with Gasteiger partial charge in [-0.2, -0.15) is 0 Å². The van der Waals surface area contributed by atoms with Crippen molar-refractivity contribution in [2.45, 2.75) is 39.8 Å². The molecule has 0 bridgehead atoms. The lowest BCUT2D eigenvalue weighted by atomic mass is 10.2. The van der Waals surface area contributed by atoms with Crippen molar-refractivity contribution < 1.29 is 14.3 Å². The van der Waals surface area contributed by atoms with E-state index in [0.717, 1.165) is 5.56 Å². The van der Waals surface area contributed by atoms with Crippen LogP contribution in [0.2, 0.25) is 5.02 Å². The SMILES string of the molecule is CC(=O)N(CCNC(=O)OC(C)(C)C)Cc1ccccc1Cl. The fourth-order valence-corrected chi connectivity index (χ4v) is 1.98. The highest BCUT2D eigenvalue weighted by atomic mass is 35.5. The van der Waals surface area contributed by atoms with Crippen LogP contribution >= 0.6 is 11.6 Å². The molecule has 0 spiro atoms. The Balaban J connectivity index is 2.51. The number of ether oxygens (including phenoxy) is 1. The Kier molecular flexibility index (Phi) is 6.68. The smallest absolute Gasteiger partial charge is 0.407 e. The number of hydrogen-bond acceptors (Lipinski definition) is 3. The molecule has 0 aliphatic rings. The Bertz CT molecular complexity index is 526. The summed E-state index contributed by atoms with van der Waals surface area (Å²) < 4.78 is 5.14. The molecular weight excluding hydrogens is 304 g/mol. The average molecular weight is 327 g/mol. The summed E-state index contributed by atoms with van der Waals surface area (Å²) in [5.41, 5.74) is 0.332. The summed E-state index contributed by atoms with van der Waals surface area (Å²) in [4.78, 5) is 24.9. The molecule has 0 atom stereocenters. The van der Waals surface area contributed by atoms with E-state index in [4.69, 9.17) is 16.3 Å². The number of benzene rings is 1. The third-order valence-corrected chi connectivity index (χ3v) is 3.18.